The molecule has 0 unspecified atom stereocenters. The smallest absolute Gasteiger partial charge is 0.278 e. The van der Waals surface area contributed by atoms with E-state index in [4.69, 9.17) is 0 Å². The minimum atomic E-state index is -2.98. The Morgan fingerprint density at radius 2 is 1.71 bits per heavy atom. The molecule has 2 saturated heterocycles. The fourth-order valence-electron chi connectivity index (χ4n) is 5.08. The lowest BCUT2D eigenvalue weighted by Gasteiger charge is -2.37. The summed E-state index contributed by atoms with van der Waals surface area (Å²) in [6.07, 6.45) is 4.97. The largest absolute Gasteiger partial charge is 0.360 e. The van der Waals surface area contributed by atoms with Gasteiger partial charge < -0.3 is 14.7 Å². The van der Waals surface area contributed by atoms with Crippen LogP contribution in [0.25, 0.3) is 0 Å². The van der Waals surface area contributed by atoms with Gasteiger partial charge in [0.05, 0.1) is 37.7 Å². The zero-order chi connectivity index (χ0) is 19.6. The normalized spacial score (nSPS) is 25.9. The molecular formula is C21H32N3O3S+. The van der Waals surface area contributed by atoms with Gasteiger partial charge in [0.15, 0.2) is 16.4 Å². The highest BCUT2D eigenvalue weighted by molar-refractivity contribution is 7.91. The predicted molar refractivity (Wildman–Crippen MR) is 110 cm³/mol. The molecule has 2 heterocycles. The number of benzene rings is 1. The summed E-state index contributed by atoms with van der Waals surface area (Å²) in [6.45, 7) is 4.29. The second-order valence-electron chi connectivity index (χ2n) is 8.55. The molecule has 0 bridgehead atoms. The van der Waals surface area contributed by atoms with E-state index in [9.17, 15) is 13.2 Å². The van der Waals surface area contributed by atoms with Crippen molar-refractivity contribution in [1.29, 1.82) is 0 Å². The van der Waals surface area contributed by atoms with Crippen LogP contribution in [0.3, 0.4) is 0 Å². The summed E-state index contributed by atoms with van der Waals surface area (Å²) in [6, 6.07) is 10.6. The summed E-state index contributed by atoms with van der Waals surface area (Å²) < 4.78 is 24.0. The van der Waals surface area contributed by atoms with Gasteiger partial charge >= 0.3 is 0 Å². The van der Waals surface area contributed by atoms with Crippen LogP contribution in [0.5, 0.6) is 0 Å². The Morgan fingerprint density at radius 3 is 2.32 bits per heavy atom. The van der Waals surface area contributed by atoms with Crippen molar-refractivity contribution in [1.82, 2.24) is 4.90 Å². The summed E-state index contributed by atoms with van der Waals surface area (Å²) in [5.41, 5.74) is 1.25. The molecule has 1 N–H and O–H groups in total. The third-order valence-electron chi connectivity index (χ3n) is 6.60. The molecule has 28 heavy (non-hydrogen) atoms. The van der Waals surface area contributed by atoms with Gasteiger partial charge in [0.2, 0.25) is 0 Å². The number of nitrogens with zero attached hydrogens (tertiary/aromatic N) is 2. The zero-order valence-electron chi connectivity index (χ0n) is 16.6. The number of carbonyl (C=O) groups excluding carboxylic acids is 1. The van der Waals surface area contributed by atoms with Crippen molar-refractivity contribution >= 4 is 21.4 Å². The van der Waals surface area contributed by atoms with E-state index >= 15 is 0 Å². The van der Waals surface area contributed by atoms with Gasteiger partial charge in [-0.1, -0.05) is 31.0 Å². The van der Waals surface area contributed by atoms with E-state index < -0.39 is 9.84 Å². The Hall–Kier alpha value is -1.60. The SMILES string of the molecule is O=C(C[NH+]1CCN(c2ccccc2)CC1)N(C1CCCC1)[C@@H]1CCS(=O)(=O)C1. The highest BCUT2D eigenvalue weighted by atomic mass is 32.2. The molecule has 1 aromatic rings. The van der Waals surface area contributed by atoms with Crippen LogP contribution in [0.15, 0.2) is 30.3 Å². The van der Waals surface area contributed by atoms with Gasteiger partial charge in [-0.15, -0.1) is 0 Å². The average molecular weight is 407 g/mol. The van der Waals surface area contributed by atoms with E-state index in [0.29, 0.717) is 13.0 Å². The summed E-state index contributed by atoms with van der Waals surface area (Å²) in [7, 11) is -2.98. The van der Waals surface area contributed by atoms with Gasteiger partial charge in [0, 0.05) is 17.8 Å². The molecule has 1 aliphatic carbocycles. The van der Waals surface area contributed by atoms with Crippen molar-refractivity contribution in [3.8, 4) is 0 Å². The highest BCUT2D eigenvalue weighted by Crippen LogP contribution is 2.29. The average Bonchev–Trinajstić information content (AvgIpc) is 3.33. The zero-order valence-corrected chi connectivity index (χ0v) is 17.4. The van der Waals surface area contributed by atoms with E-state index in [0.717, 1.165) is 51.9 Å². The summed E-state index contributed by atoms with van der Waals surface area (Å²) >= 11 is 0. The fraction of sp³-hybridized carbons (Fsp3) is 0.667. The molecular weight excluding hydrogens is 374 g/mol. The van der Waals surface area contributed by atoms with Gasteiger partial charge in [-0.2, -0.15) is 0 Å². The Labute approximate surface area is 168 Å². The first kappa shape index (κ1) is 19.7. The standard InChI is InChI=1S/C21H31N3O3S/c25-21(16-22-11-13-23(14-12-22)18-6-2-1-3-7-18)24(19-8-4-5-9-19)20-10-15-28(26,27)17-20/h1-3,6-7,19-20H,4-5,8-17H2/p+1/t20-/m1/s1. The van der Waals surface area contributed by atoms with Crippen molar-refractivity contribution in [2.24, 2.45) is 0 Å². The van der Waals surface area contributed by atoms with Gasteiger partial charge in [-0.25, -0.2) is 8.42 Å². The van der Waals surface area contributed by atoms with Crippen molar-refractivity contribution < 1.29 is 18.1 Å². The van der Waals surface area contributed by atoms with Crippen LogP contribution < -0.4 is 9.80 Å². The quantitative estimate of drug-likeness (QED) is 0.767. The second kappa shape index (κ2) is 8.41. The molecule has 3 fully saturated rings. The maximum Gasteiger partial charge on any atom is 0.278 e. The topological polar surface area (TPSA) is 62.1 Å². The number of quaternary nitrogens is 1. The van der Waals surface area contributed by atoms with Gasteiger partial charge in [-0.3, -0.25) is 4.79 Å². The van der Waals surface area contributed by atoms with E-state index in [-0.39, 0.29) is 29.5 Å². The third-order valence-corrected chi connectivity index (χ3v) is 8.35. The molecule has 1 atom stereocenters. The van der Waals surface area contributed by atoms with Crippen LogP contribution >= 0.6 is 0 Å². The molecule has 4 rings (SSSR count). The maximum absolute atomic E-state index is 13.2. The minimum Gasteiger partial charge on any atom is -0.360 e. The predicted octanol–water partition coefficient (Wildman–Crippen LogP) is 0.350. The number of anilines is 1. The van der Waals surface area contributed by atoms with E-state index in [2.05, 4.69) is 29.2 Å². The van der Waals surface area contributed by atoms with E-state index in [1.165, 1.54) is 10.6 Å². The minimum absolute atomic E-state index is 0.106. The Balaban J connectivity index is 1.37. The van der Waals surface area contributed by atoms with Crippen LogP contribution in [-0.4, -0.2) is 75.5 Å². The first-order valence-electron chi connectivity index (χ1n) is 10.7. The number of sulfone groups is 1. The number of para-hydroxylation sites is 1. The number of nitrogens with one attached hydrogen (secondary N) is 1. The lowest BCUT2D eigenvalue weighted by atomic mass is 10.1. The summed E-state index contributed by atoms with van der Waals surface area (Å²) in [4.78, 5) is 18.9. The molecule has 0 aromatic heterocycles. The maximum atomic E-state index is 13.2. The Bertz CT molecular complexity index is 769. The summed E-state index contributed by atoms with van der Waals surface area (Å²) in [5.74, 6) is 0.556. The number of carbonyl (C=O) groups is 1. The highest BCUT2D eigenvalue weighted by Gasteiger charge is 2.40. The number of amides is 1. The van der Waals surface area contributed by atoms with Crippen LogP contribution in [0.1, 0.15) is 32.1 Å². The molecule has 2 aliphatic heterocycles. The van der Waals surface area contributed by atoms with Crippen LogP contribution in [-0.2, 0) is 14.6 Å². The van der Waals surface area contributed by atoms with E-state index in [1.54, 1.807) is 0 Å². The van der Waals surface area contributed by atoms with Crippen LogP contribution in [0, 0.1) is 0 Å². The monoisotopic (exact) mass is 406 g/mol. The van der Waals surface area contributed by atoms with Crippen molar-refractivity contribution in [3.63, 3.8) is 0 Å². The molecule has 1 amide bonds. The molecule has 1 saturated carbocycles. The molecule has 3 aliphatic rings. The molecule has 154 valence electrons. The molecule has 7 heteroatoms. The fourth-order valence-corrected chi connectivity index (χ4v) is 6.80. The Morgan fingerprint density at radius 1 is 1.04 bits per heavy atom. The first-order chi connectivity index (χ1) is 13.5. The first-order valence-corrected chi connectivity index (χ1v) is 12.5. The number of hydrogen-bond donors (Lipinski definition) is 1. The van der Waals surface area contributed by atoms with E-state index in [1.807, 2.05) is 11.0 Å². The molecule has 6 nitrogen and oxygen atoms in total. The van der Waals surface area contributed by atoms with Crippen molar-refractivity contribution in [2.75, 3.05) is 49.1 Å². The molecule has 1 aromatic carbocycles. The van der Waals surface area contributed by atoms with Crippen molar-refractivity contribution in [2.45, 2.75) is 44.2 Å². The van der Waals surface area contributed by atoms with Gasteiger partial charge in [-0.05, 0) is 31.4 Å². The number of piperazine rings is 1. The van der Waals surface area contributed by atoms with Gasteiger partial charge in [0.1, 0.15) is 0 Å². The van der Waals surface area contributed by atoms with Crippen molar-refractivity contribution in [3.05, 3.63) is 30.3 Å². The lowest BCUT2D eigenvalue weighted by Crippen LogP contribution is -3.16. The summed E-state index contributed by atoms with van der Waals surface area (Å²) in [5, 5.41) is 0. The Kier molecular flexibility index (Phi) is 5.92. The van der Waals surface area contributed by atoms with Crippen LogP contribution in [0.4, 0.5) is 5.69 Å². The second-order valence-corrected chi connectivity index (χ2v) is 10.8. The third kappa shape index (κ3) is 4.51. The van der Waals surface area contributed by atoms with Gasteiger partial charge in [0.25, 0.3) is 5.91 Å². The lowest BCUT2D eigenvalue weighted by molar-refractivity contribution is -0.892. The number of hydrogen-bond acceptors (Lipinski definition) is 4. The molecule has 0 spiro atoms. The number of rotatable bonds is 5. The molecule has 0 radical (unpaired) electrons. The van der Waals surface area contributed by atoms with Crippen LogP contribution in [0.2, 0.25) is 0 Å².